The highest BCUT2D eigenvalue weighted by Gasteiger charge is 2.21. The average Bonchev–Trinajstić information content (AvgIpc) is 2.81. The van der Waals surface area contributed by atoms with Crippen molar-refractivity contribution < 1.29 is 4.79 Å². The summed E-state index contributed by atoms with van der Waals surface area (Å²) in [5.74, 6) is 0.0501. The fourth-order valence-electron chi connectivity index (χ4n) is 2.42. The van der Waals surface area contributed by atoms with Crippen LogP contribution in [0.15, 0.2) is 0 Å². The molecule has 1 aliphatic carbocycles. The summed E-state index contributed by atoms with van der Waals surface area (Å²) in [6, 6.07) is 0.392. The van der Waals surface area contributed by atoms with Gasteiger partial charge in [-0.05, 0) is 19.3 Å². The third-order valence-corrected chi connectivity index (χ3v) is 3.96. The third-order valence-electron chi connectivity index (χ3n) is 3.55. The number of hydrogen-bond donors (Lipinski definition) is 1. The second-order valence-electron chi connectivity index (χ2n) is 5.16. The van der Waals surface area contributed by atoms with Gasteiger partial charge in [-0.1, -0.05) is 51.9 Å². The van der Waals surface area contributed by atoms with Crippen molar-refractivity contribution >= 4 is 17.5 Å². The van der Waals surface area contributed by atoms with Gasteiger partial charge in [-0.15, -0.1) is 11.6 Å². The Bertz CT molecular complexity index is 214. The van der Waals surface area contributed by atoms with E-state index in [0.717, 1.165) is 25.7 Å². The Balaban J connectivity index is 2.05. The molecule has 1 saturated carbocycles. The fraction of sp³-hybridized carbons (Fsp3) is 0.929. The summed E-state index contributed by atoms with van der Waals surface area (Å²) in [5, 5.41) is 2.74. The van der Waals surface area contributed by atoms with Gasteiger partial charge in [-0.2, -0.15) is 0 Å². The maximum atomic E-state index is 11.8. The van der Waals surface area contributed by atoms with E-state index < -0.39 is 0 Å². The van der Waals surface area contributed by atoms with Crippen molar-refractivity contribution in [1.29, 1.82) is 0 Å². The molecule has 0 spiro atoms. The number of hydrogen-bond acceptors (Lipinski definition) is 1. The van der Waals surface area contributed by atoms with Gasteiger partial charge < -0.3 is 5.32 Å². The minimum Gasteiger partial charge on any atom is -0.352 e. The summed E-state index contributed by atoms with van der Waals surface area (Å²) in [6.45, 7) is 2.21. The Labute approximate surface area is 110 Å². The van der Waals surface area contributed by atoms with E-state index in [0.29, 0.717) is 6.04 Å². The van der Waals surface area contributed by atoms with Crippen molar-refractivity contribution in [3.05, 3.63) is 0 Å². The number of alkyl halides is 1. The van der Waals surface area contributed by atoms with E-state index in [1.807, 2.05) is 0 Å². The van der Waals surface area contributed by atoms with Gasteiger partial charge in [0.1, 0.15) is 5.38 Å². The van der Waals surface area contributed by atoms with E-state index in [9.17, 15) is 4.79 Å². The van der Waals surface area contributed by atoms with Gasteiger partial charge >= 0.3 is 0 Å². The first-order valence-corrected chi connectivity index (χ1v) is 7.62. The molecule has 1 rings (SSSR count). The van der Waals surface area contributed by atoms with E-state index >= 15 is 0 Å². The first-order valence-electron chi connectivity index (χ1n) is 7.18. The maximum absolute atomic E-state index is 11.8. The largest absolute Gasteiger partial charge is 0.352 e. The summed E-state index contributed by atoms with van der Waals surface area (Å²) in [6.07, 6.45) is 11.7. The van der Waals surface area contributed by atoms with Crippen molar-refractivity contribution in [1.82, 2.24) is 5.32 Å². The van der Waals surface area contributed by atoms with Crippen molar-refractivity contribution in [2.45, 2.75) is 82.6 Å². The zero-order valence-corrected chi connectivity index (χ0v) is 11.8. The molecule has 0 radical (unpaired) electrons. The van der Waals surface area contributed by atoms with Crippen LogP contribution < -0.4 is 5.32 Å². The van der Waals surface area contributed by atoms with E-state index in [4.69, 9.17) is 11.6 Å². The molecular formula is C14H26ClNO. The molecule has 1 unspecified atom stereocenters. The van der Waals surface area contributed by atoms with Crippen LogP contribution in [0, 0.1) is 0 Å². The lowest BCUT2D eigenvalue weighted by molar-refractivity contribution is -0.121. The number of halogens is 1. The molecule has 1 aliphatic rings. The van der Waals surface area contributed by atoms with Gasteiger partial charge in [-0.3, -0.25) is 4.79 Å². The number of nitrogens with one attached hydrogen (secondary N) is 1. The molecule has 1 atom stereocenters. The Morgan fingerprint density at radius 3 is 2.53 bits per heavy atom. The van der Waals surface area contributed by atoms with Crippen LogP contribution in [0.25, 0.3) is 0 Å². The molecule has 0 aromatic carbocycles. The lowest BCUT2D eigenvalue weighted by atomic mass is 10.1. The van der Waals surface area contributed by atoms with Crippen LogP contribution in [0.1, 0.15) is 71.1 Å². The Morgan fingerprint density at radius 1 is 1.24 bits per heavy atom. The van der Waals surface area contributed by atoms with Gasteiger partial charge in [0.25, 0.3) is 0 Å². The zero-order valence-electron chi connectivity index (χ0n) is 11.0. The van der Waals surface area contributed by atoms with E-state index in [-0.39, 0.29) is 11.3 Å². The van der Waals surface area contributed by atoms with Gasteiger partial charge in [0.2, 0.25) is 5.91 Å². The van der Waals surface area contributed by atoms with Crippen LogP contribution in [-0.2, 0) is 4.79 Å². The third kappa shape index (κ3) is 6.30. The molecule has 100 valence electrons. The van der Waals surface area contributed by atoms with Crippen LogP contribution in [0.5, 0.6) is 0 Å². The molecule has 0 aromatic heterocycles. The molecular weight excluding hydrogens is 234 g/mol. The minimum absolute atomic E-state index is 0.0501. The number of unbranched alkanes of at least 4 members (excludes halogenated alkanes) is 4. The molecule has 17 heavy (non-hydrogen) atoms. The highest BCUT2D eigenvalue weighted by atomic mass is 35.5. The Morgan fingerprint density at radius 2 is 1.88 bits per heavy atom. The Kier molecular flexibility index (Phi) is 7.67. The van der Waals surface area contributed by atoms with Gasteiger partial charge in [0.15, 0.2) is 0 Å². The number of rotatable bonds is 8. The van der Waals surface area contributed by atoms with Crippen LogP contribution in [0.3, 0.4) is 0 Å². The predicted octanol–water partition coefficient (Wildman–Crippen LogP) is 4.01. The topological polar surface area (TPSA) is 29.1 Å². The quantitative estimate of drug-likeness (QED) is 0.518. The molecule has 0 heterocycles. The lowest BCUT2D eigenvalue weighted by Gasteiger charge is -2.15. The van der Waals surface area contributed by atoms with Crippen molar-refractivity contribution in [2.24, 2.45) is 0 Å². The number of amides is 1. The van der Waals surface area contributed by atoms with E-state index in [2.05, 4.69) is 12.2 Å². The number of carbonyl (C=O) groups is 1. The standard InChI is InChI=1S/C14H26ClNO/c1-2-3-4-5-6-11-13(15)14(17)16-12-9-7-8-10-12/h12-13H,2-11H2,1H3,(H,16,17). The zero-order chi connectivity index (χ0) is 12.5. The highest BCUT2D eigenvalue weighted by molar-refractivity contribution is 6.30. The minimum atomic E-state index is -0.322. The van der Waals surface area contributed by atoms with Gasteiger partial charge in [0, 0.05) is 6.04 Å². The van der Waals surface area contributed by atoms with Crippen LogP contribution in [0.4, 0.5) is 0 Å². The van der Waals surface area contributed by atoms with Crippen LogP contribution in [0.2, 0.25) is 0 Å². The second-order valence-corrected chi connectivity index (χ2v) is 5.69. The van der Waals surface area contributed by atoms with Crippen molar-refractivity contribution in [3.63, 3.8) is 0 Å². The molecule has 1 N–H and O–H groups in total. The summed E-state index contributed by atoms with van der Waals surface area (Å²) in [4.78, 5) is 11.8. The summed E-state index contributed by atoms with van der Waals surface area (Å²) in [5.41, 5.74) is 0. The smallest absolute Gasteiger partial charge is 0.238 e. The fourth-order valence-corrected chi connectivity index (χ4v) is 2.64. The maximum Gasteiger partial charge on any atom is 0.238 e. The van der Waals surface area contributed by atoms with Crippen molar-refractivity contribution in [2.75, 3.05) is 0 Å². The normalized spacial score (nSPS) is 18.2. The molecule has 0 bridgehead atoms. The summed E-state index contributed by atoms with van der Waals surface area (Å²) < 4.78 is 0. The lowest BCUT2D eigenvalue weighted by Crippen LogP contribution is -2.37. The molecule has 1 fully saturated rings. The van der Waals surface area contributed by atoms with Gasteiger partial charge in [-0.25, -0.2) is 0 Å². The molecule has 1 amide bonds. The highest BCUT2D eigenvalue weighted by Crippen LogP contribution is 2.19. The first-order chi connectivity index (χ1) is 8.24. The first kappa shape index (κ1) is 14.8. The van der Waals surface area contributed by atoms with Crippen molar-refractivity contribution in [3.8, 4) is 0 Å². The molecule has 0 aliphatic heterocycles. The molecule has 0 aromatic rings. The van der Waals surface area contributed by atoms with Crippen LogP contribution >= 0.6 is 11.6 Å². The molecule has 0 saturated heterocycles. The molecule has 2 nitrogen and oxygen atoms in total. The molecule has 3 heteroatoms. The SMILES string of the molecule is CCCCCCCC(Cl)C(=O)NC1CCCC1. The van der Waals surface area contributed by atoms with E-state index in [1.165, 1.54) is 38.5 Å². The second kappa shape index (κ2) is 8.79. The summed E-state index contributed by atoms with van der Waals surface area (Å²) >= 11 is 6.11. The van der Waals surface area contributed by atoms with Gasteiger partial charge in [0.05, 0.1) is 0 Å². The predicted molar refractivity (Wildman–Crippen MR) is 73.4 cm³/mol. The van der Waals surface area contributed by atoms with Crippen LogP contribution in [-0.4, -0.2) is 17.3 Å². The summed E-state index contributed by atoms with van der Waals surface area (Å²) in [7, 11) is 0. The number of carbonyl (C=O) groups excluding carboxylic acids is 1. The monoisotopic (exact) mass is 259 g/mol. The van der Waals surface area contributed by atoms with E-state index in [1.54, 1.807) is 0 Å². The Hall–Kier alpha value is -0.240. The average molecular weight is 260 g/mol.